The smallest absolute Gasteiger partial charge is 0.419 e. The number of rotatable bonds is 7. The molecule has 0 aliphatic carbocycles. The second-order valence-corrected chi connectivity index (χ2v) is 13.7. The number of ether oxygens (including phenoxy) is 5. The molecule has 4 heterocycles. The van der Waals surface area contributed by atoms with Crippen molar-refractivity contribution in [2.75, 3.05) is 13.7 Å². The molecule has 0 unspecified atom stereocenters. The van der Waals surface area contributed by atoms with Crippen LogP contribution in [0.4, 0.5) is 4.79 Å². The third-order valence-electron chi connectivity index (χ3n) is 8.75. The molecule has 1 fully saturated rings. The van der Waals surface area contributed by atoms with Crippen molar-refractivity contribution in [3.63, 3.8) is 0 Å². The molecule has 2 aliphatic heterocycles. The Bertz CT molecular complexity index is 2170. The molecule has 52 heavy (non-hydrogen) atoms. The lowest BCUT2D eigenvalue weighted by Crippen LogP contribution is -2.52. The summed E-state index contributed by atoms with van der Waals surface area (Å²) in [7, 11) is 1.40. The van der Waals surface area contributed by atoms with Crippen molar-refractivity contribution in [1.29, 1.82) is 0 Å². The first-order chi connectivity index (χ1) is 24.6. The van der Waals surface area contributed by atoms with E-state index in [9.17, 15) is 28.8 Å². The quantitative estimate of drug-likeness (QED) is 0.144. The Morgan fingerprint density at radius 1 is 0.788 bits per heavy atom. The molecule has 2 aromatic carbocycles. The average Bonchev–Trinajstić information content (AvgIpc) is 3.70. The van der Waals surface area contributed by atoms with Gasteiger partial charge in [-0.15, -0.1) is 0 Å². The number of esters is 3. The molecule has 0 radical (unpaired) electrons. The van der Waals surface area contributed by atoms with Crippen LogP contribution < -0.4 is 0 Å². The summed E-state index contributed by atoms with van der Waals surface area (Å²) < 4.78 is 31.5. The first kappa shape index (κ1) is 36.0. The summed E-state index contributed by atoms with van der Waals surface area (Å²) in [6.07, 6.45) is -1.41. The molecule has 0 saturated carbocycles. The summed E-state index contributed by atoms with van der Waals surface area (Å²) in [5.74, 6) is -2.97. The van der Waals surface area contributed by atoms with Crippen molar-refractivity contribution >= 4 is 68.8 Å². The molecule has 1 saturated heterocycles. The molecule has 6 rings (SSSR count). The van der Waals surface area contributed by atoms with Gasteiger partial charge >= 0.3 is 24.0 Å². The lowest BCUT2D eigenvalue weighted by atomic mass is 9.95. The molecule has 4 atom stereocenters. The van der Waals surface area contributed by atoms with Crippen LogP contribution >= 0.6 is 0 Å². The summed E-state index contributed by atoms with van der Waals surface area (Å²) in [5.41, 5.74) is 1.29. The normalized spacial score (nSPS) is 20.8. The molecule has 14 heteroatoms. The van der Waals surface area contributed by atoms with E-state index in [1.807, 2.05) is 6.07 Å². The number of imide groups is 1. The monoisotopic (exact) mass is 713 g/mol. The van der Waals surface area contributed by atoms with Crippen molar-refractivity contribution in [3.8, 4) is 0 Å². The zero-order chi connectivity index (χ0) is 37.6. The van der Waals surface area contributed by atoms with E-state index in [-0.39, 0.29) is 24.2 Å². The van der Waals surface area contributed by atoms with Gasteiger partial charge in [0.15, 0.2) is 6.10 Å². The Morgan fingerprint density at radius 3 is 1.92 bits per heavy atom. The molecule has 272 valence electrons. The Balaban J connectivity index is 1.53. The minimum atomic E-state index is -1.09. The second kappa shape index (κ2) is 13.8. The fraction of sp³-hybridized carbons (Fsp3) is 0.368. The number of carbonyl (C=O) groups is 6. The van der Waals surface area contributed by atoms with E-state index in [0.717, 1.165) is 4.90 Å². The average molecular weight is 714 g/mol. The number of hydrogen-bond acceptors (Lipinski definition) is 11. The van der Waals surface area contributed by atoms with Crippen molar-refractivity contribution in [2.45, 2.75) is 78.1 Å². The van der Waals surface area contributed by atoms with Gasteiger partial charge < -0.3 is 28.3 Å². The van der Waals surface area contributed by atoms with E-state index in [0.29, 0.717) is 32.9 Å². The molecule has 2 aromatic heterocycles. The van der Waals surface area contributed by atoms with E-state index >= 15 is 0 Å². The predicted octanol–water partition coefficient (Wildman–Crippen LogP) is 5.00. The van der Waals surface area contributed by atoms with Crippen LogP contribution in [0.3, 0.4) is 0 Å². The van der Waals surface area contributed by atoms with E-state index in [1.165, 1.54) is 38.6 Å². The maximum atomic E-state index is 14.1. The van der Waals surface area contributed by atoms with Gasteiger partial charge in [-0.2, -0.15) is 0 Å². The minimum absolute atomic E-state index is 0.0221. The van der Waals surface area contributed by atoms with Crippen LogP contribution in [-0.2, 0) is 47.7 Å². The third-order valence-corrected chi connectivity index (χ3v) is 8.75. The van der Waals surface area contributed by atoms with Crippen molar-refractivity contribution in [2.24, 2.45) is 0 Å². The van der Waals surface area contributed by atoms with Gasteiger partial charge in [-0.3, -0.25) is 33.4 Å². The fourth-order valence-corrected chi connectivity index (χ4v) is 6.72. The fourth-order valence-electron chi connectivity index (χ4n) is 6.72. The lowest BCUT2D eigenvalue weighted by molar-refractivity contribution is -0.226. The molecule has 0 bridgehead atoms. The maximum absolute atomic E-state index is 14.1. The van der Waals surface area contributed by atoms with Crippen molar-refractivity contribution < 1.29 is 52.5 Å². The maximum Gasteiger partial charge on any atom is 0.419 e. The minimum Gasteiger partial charge on any atom is -0.463 e. The highest BCUT2D eigenvalue weighted by Crippen LogP contribution is 2.43. The number of benzene rings is 2. The number of hydrogen-bond donors (Lipinski definition) is 0. The zero-order valence-electron chi connectivity index (χ0n) is 29.8. The number of amides is 2. The first-order valence-corrected chi connectivity index (χ1v) is 16.7. The molecule has 0 spiro atoms. The van der Waals surface area contributed by atoms with Crippen LogP contribution in [0.5, 0.6) is 0 Å². The lowest BCUT2D eigenvalue weighted by Gasteiger charge is -2.40. The van der Waals surface area contributed by atoms with Gasteiger partial charge in [0, 0.05) is 68.5 Å². The summed E-state index contributed by atoms with van der Waals surface area (Å²) in [5, 5.41) is 1.17. The van der Waals surface area contributed by atoms with Gasteiger partial charge in [0.05, 0.1) is 22.2 Å². The van der Waals surface area contributed by atoms with Gasteiger partial charge in [0.25, 0.3) is 11.8 Å². The third kappa shape index (κ3) is 6.81. The topological polar surface area (TPSA) is 162 Å². The SMILES string of the molecule is CC(=O)OC[C@H]1O[C@@H](n2cc(C3=C(c4cn(C(=O)OC(C)(C)C)c5ccccc45)C(=O)N(C)C3=O)c3ccccc32)C[C@@H](OC(C)=O)[C@@H]1OC(C)=O. The molecule has 2 aliphatic rings. The molecular weight excluding hydrogens is 674 g/mol. The summed E-state index contributed by atoms with van der Waals surface area (Å²) in [4.78, 5) is 78.6. The number of likely N-dealkylation sites (N-methyl/N-ethyl adjacent to an activating group) is 1. The van der Waals surface area contributed by atoms with Crippen LogP contribution in [0, 0.1) is 0 Å². The number of aromatic nitrogens is 2. The highest BCUT2D eigenvalue weighted by atomic mass is 16.6. The van der Waals surface area contributed by atoms with Crippen LogP contribution in [0.1, 0.15) is 65.3 Å². The van der Waals surface area contributed by atoms with Gasteiger partial charge in [0.1, 0.15) is 30.6 Å². The summed E-state index contributed by atoms with van der Waals surface area (Å²) >= 11 is 0. The van der Waals surface area contributed by atoms with Gasteiger partial charge in [0.2, 0.25) is 0 Å². The first-order valence-electron chi connectivity index (χ1n) is 16.7. The van der Waals surface area contributed by atoms with Gasteiger partial charge in [-0.05, 0) is 32.9 Å². The largest absolute Gasteiger partial charge is 0.463 e. The van der Waals surface area contributed by atoms with Crippen molar-refractivity contribution in [1.82, 2.24) is 14.0 Å². The number of fused-ring (bicyclic) bond motifs is 2. The summed E-state index contributed by atoms with van der Waals surface area (Å²) in [6, 6.07) is 14.2. The Hall–Kier alpha value is -5.76. The van der Waals surface area contributed by atoms with E-state index in [2.05, 4.69) is 0 Å². The number of carbonyl (C=O) groups excluding carboxylic acids is 6. The molecule has 4 aromatic rings. The van der Waals surface area contributed by atoms with Crippen LogP contribution in [0.2, 0.25) is 0 Å². The van der Waals surface area contributed by atoms with Crippen LogP contribution in [0.25, 0.3) is 33.0 Å². The van der Waals surface area contributed by atoms with Crippen LogP contribution in [0.15, 0.2) is 60.9 Å². The zero-order valence-corrected chi connectivity index (χ0v) is 29.8. The summed E-state index contributed by atoms with van der Waals surface area (Å²) in [6.45, 7) is 8.61. The highest BCUT2D eigenvalue weighted by Gasteiger charge is 2.45. The molecule has 14 nitrogen and oxygen atoms in total. The number of nitrogens with zero attached hydrogens (tertiary/aromatic N) is 3. The Morgan fingerprint density at radius 2 is 1.35 bits per heavy atom. The van der Waals surface area contributed by atoms with E-state index < -0.39 is 66.0 Å². The van der Waals surface area contributed by atoms with Crippen LogP contribution in [-0.4, -0.2) is 87.4 Å². The predicted molar refractivity (Wildman–Crippen MR) is 186 cm³/mol. The second-order valence-electron chi connectivity index (χ2n) is 13.7. The molecule has 2 amide bonds. The highest BCUT2D eigenvalue weighted by molar-refractivity contribution is 6.50. The van der Waals surface area contributed by atoms with Gasteiger partial charge in [-0.1, -0.05) is 36.4 Å². The molecule has 0 N–H and O–H groups in total. The van der Waals surface area contributed by atoms with E-state index in [4.69, 9.17) is 23.7 Å². The standard InChI is InChI=1S/C38H39N3O11/c1-20(42)48-19-30-34(50-22(3)44)29(49-21(2)43)16-31(51-30)40-17-25(23-12-8-10-14-27(23)40)32-33(36(46)39(7)35(32)45)26-18-41(37(47)52-38(4,5)6)28-15-11-9-13-24(26)28/h8-15,17-18,29-31,34H,16,19H2,1-7H3/t29-,30-,31-,34+/m1/s1. The molecular formula is C38H39N3O11. The number of para-hydroxylation sites is 2. The van der Waals surface area contributed by atoms with E-state index in [1.54, 1.807) is 74.0 Å². The van der Waals surface area contributed by atoms with Gasteiger partial charge in [-0.25, -0.2) is 4.79 Å². The Labute approximate surface area is 298 Å². The van der Waals surface area contributed by atoms with Crippen molar-refractivity contribution in [3.05, 3.63) is 72.1 Å². The Kier molecular flexibility index (Phi) is 9.53.